The number of hydrogen-bond acceptors (Lipinski definition) is 5. The van der Waals surface area contributed by atoms with Crippen molar-refractivity contribution in [1.29, 1.82) is 0 Å². The predicted molar refractivity (Wildman–Crippen MR) is 125 cm³/mol. The van der Waals surface area contributed by atoms with Gasteiger partial charge < -0.3 is 9.47 Å². The summed E-state index contributed by atoms with van der Waals surface area (Å²) in [5.41, 5.74) is 4.57. The highest BCUT2D eigenvalue weighted by molar-refractivity contribution is 9.10. The summed E-state index contributed by atoms with van der Waals surface area (Å²) in [6, 6.07) is 20.2. The van der Waals surface area contributed by atoms with Crippen LogP contribution in [0.15, 0.2) is 70.2 Å². The van der Waals surface area contributed by atoms with Crippen molar-refractivity contribution in [2.24, 2.45) is 5.10 Å². The lowest BCUT2D eigenvalue weighted by atomic mass is 10.1. The van der Waals surface area contributed by atoms with Gasteiger partial charge in [0, 0.05) is 13.1 Å². The highest BCUT2D eigenvalue weighted by Crippen LogP contribution is 2.27. The van der Waals surface area contributed by atoms with Crippen LogP contribution in [0.5, 0.6) is 5.75 Å². The number of carbonyl (C=O) groups is 1. The maximum atomic E-state index is 12.0. The van der Waals surface area contributed by atoms with Gasteiger partial charge in [0.1, 0.15) is 12.4 Å². The van der Waals surface area contributed by atoms with Crippen LogP contribution < -0.4 is 10.2 Å². The highest BCUT2D eigenvalue weighted by Gasteiger charge is 2.13. The van der Waals surface area contributed by atoms with Crippen molar-refractivity contribution < 1.29 is 14.3 Å². The Bertz CT molecular complexity index is 1080. The van der Waals surface area contributed by atoms with Crippen molar-refractivity contribution in [3.63, 3.8) is 0 Å². The van der Waals surface area contributed by atoms with Crippen LogP contribution in [0.3, 0.4) is 0 Å². The molecule has 1 aliphatic heterocycles. The van der Waals surface area contributed by atoms with Crippen molar-refractivity contribution in [1.82, 2.24) is 10.3 Å². The Morgan fingerprint density at radius 3 is 2.77 bits per heavy atom. The van der Waals surface area contributed by atoms with Gasteiger partial charge in [-0.1, -0.05) is 42.5 Å². The van der Waals surface area contributed by atoms with Crippen molar-refractivity contribution in [3.8, 4) is 5.75 Å². The molecule has 0 aliphatic carbocycles. The molecule has 1 amide bonds. The molecule has 1 N–H and O–H groups in total. The molecule has 1 aliphatic rings. The number of carbonyl (C=O) groups excluding carboxylic acids is 1. The molecule has 1 fully saturated rings. The van der Waals surface area contributed by atoms with Crippen molar-refractivity contribution >= 4 is 38.8 Å². The molecule has 3 aromatic rings. The van der Waals surface area contributed by atoms with Gasteiger partial charge in [-0.05, 0) is 56.0 Å². The minimum absolute atomic E-state index is 0.132. The van der Waals surface area contributed by atoms with E-state index in [-0.39, 0.29) is 5.91 Å². The maximum Gasteiger partial charge on any atom is 0.254 e. The number of halogens is 1. The molecule has 0 bridgehead atoms. The molecule has 6 nitrogen and oxygen atoms in total. The largest absolute Gasteiger partial charge is 0.488 e. The average molecular weight is 482 g/mol. The topological polar surface area (TPSA) is 63.2 Å². The molecule has 31 heavy (non-hydrogen) atoms. The fourth-order valence-corrected chi connectivity index (χ4v) is 3.98. The smallest absolute Gasteiger partial charge is 0.254 e. The summed E-state index contributed by atoms with van der Waals surface area (Å²) < 4.78 is 12.2. The van der Waals surface area contributed by atoms with Crippen LogP contribution in [0.4, 0.5) is 0 Å². The van der Waals surface area contributed by atoms with Crippen LogP contribution in [-0.2, 0) is 16.1 Å². The molecule has 3 aromatic carbocycles. The first kappa shape index (κ1) is 21.5. The first-order chi connectivity index (χ1) is 15.2. The Morgan fingerprint density at radius 1 is 1.13 bits per heavy atom. The predicted octanol–water partition coefficient (Wildman–Crippen LogP) is 3.96. The van der Waals surface area contributed by atoms with Gasteiger partial charge in [-0.15, -0.1) is 0 Å². The van der Waals surface area contributed by atoms with E-state index in [1.165, 1.54) is 10.8 Å². The molecule has 0 radical (unpaired) electrons. The van der Waals surface area contributed by atoms with Crippen molar-refractivity contribution in [2.75, 3.05) is 32.8 Å². The van der Waals surface area contributed by atoms with Gasteiger partial charge in [0.25, 0.3) is 5.91 Å². The number of hydrazone groups is 1. The van der Waals surface area contributed by atoms with E-state index in [9.17, 15) is 4.79 Å². The van der Waals surface area contributed by atoms with Gasteiger partial charge in [-0.3, -0.25) is 9.69 Å². The average Bonchev–Trinajstić information content (AvgIpc) is 2.79. The lowest BCUT2D eigenvalue weighted by molar-refractivity contribution is -0.123. The molecule has 4 rings (SSSR count). The normalized spacial score (nSPS) is 14.7. The highest BCUT2D eigenvalue weighted by atomic mass is 79.9. The van der Waals surface area contributed by atoms with E-state index in [2.05, 4.69) is 50.7 Å². The molecule has 0 atom stereocenters. The van der Waals surface area contributed by atoms with Crippen LogP contribution >= 0.6 is 15.9 Å². The standard InChI is InChI=1S/C24H24BrN3O3/c25-22-14-18(15-26-27-24(29)16-28-10-12-30-13-11-28)8-9-23(22)31-17-20-6-3-5-19-4-1-2-7-21(19)20/h1-9,14-15H,10-13,16-17H2,(H,27,29)/b26-15-. The van der Waals surface area contributed by atoms with E-state index in [1.807, 2.05) is 41.3 Å². The van der Waals surface area contributed by atoms with E-state index < -0.39 is 0 Å². The number of nitrogens with zero attached hydrogens (tertiary/aromatic N) is 2. The molecule has 1 saturated heterocycles. The maximum absolute atomic E-state index is 12.0. The molecule has 7 heteroatoms. The Morgan fingerprint density at radius 2 is 1.94 bits per heavy atom. The molecule has 160 valence electrons. The number of ether oxygens (including phenoxy) is 2. The summed E-state index contributed by atoms with van der Waals surface area (Å²) in [4.78, 5) is 14.0. The van der Waals surface area contributed by atoms with E-state index in [1.54, 1.807) is 6.21 Å². The summed E-state index contributed by atoms with van der Waals surface area (Å²) in [6.07, 6.45) is 1.62. The Hall–Kier alpha value is -2.74. The second-order valence-electron chi connectivity index (χ2n) is 7.30. The summed E-state index contributed by atoms with van der Waals surface area (Å²) in [6.45, 7) is 3.67. The monoisotopic (exact) mass is 481 g/mol. The zero-order valence-electron chi connectivity index (χ0n) is 17.1. The molecule has 0 spiro atoms. The third kappa shape index (κ3) is 5.91. The quantitative estimate of drug-likeness (QED) is 0.409. The first-order valence-electron chi connectivity index (χ1n) is 10.2. The number of morpholine rings is 1. The van der Waals surface area contributed by atoms with Crippen LogP contribution in [-0.4, -0.2) is 49.9 Å². The fraction of sp³-hybridized carbons (Fsp3) is 0.250. The summed E-state index contributed by atoms with van der Waals surface area (Å²) in [5.74, 6) is 0.619. The summed E-state index contributed by atoms with van der Waals surface area (Å²) in [5, 5.41) is 6.45. The second-order valence-corrected chi connectivity index (χ2v) is 8.15. The van der Waals surface area contributed by atoms with Gasteiger partial charge in [0.2, 0.25) is 0 Å². The molecule has 0 aromatic heterocycles. The zero-order chi connectivity index (χ0) is 21.5. The van der Waals surface area contributed by atoms with Crippen molar-refractivity contribution in [3.05, 3.63) is 76.3 Å². The summed E-state index contributed by atoms with van der Waals surface area (Å²) in [7, 11) is 0. The molecular weight excluding hydrogens is 458 g/mol. The van der Waals surface area contributed by atoms with Crippen LogP contribution in [0, 0.1) is 0 Å². The van der Waals surface area contributed by atoms with E-state index in [0.717, 1.165) is 34.4 Å². The van der Waals surface area contributed by atoms with Gasteiger partial charge in [-0.2, -0.15) is 5.10 Å². The van der Waals surface area contributed by atoms with Crippen LogP contribution in [0.2, 0.25) is 0 Å². The van der Waals surface area contributed by atoms with Crippen molar-refractivity contribution in [2.45, 2.75) is 6.61 Å². The number of hydrogen-bond donors (Lipinski definition) is 1. The van der Waals surface area contributed by atoms with E-state index in [0.29, 0.717) is 26.4 Å². The van der Waals surface area contributed by atoms with E-state index >= 15 is 0 Å². The SMILES string of the molecule is O=C(CN1CCOCC1)N/N=C\c1ccc(OCc2cccc3ccccc23)c(Br)c1. The number of fused-ring (bicyclic) bond motifs is 1. The number of amides is 1. The van der Waals surface area contributed by atoms with Gasteiger partial charge >= 0.3 is 0 Å². The first-order valence-corrected chi connectivity index (χ1v) is 11.0. The van der Waals surface area contributed by atoms with E-state index in [4.69, 9.17) is 9.47 Å². The lowest BCUT2D eigenvalue weighted by Gasteiger charge is -2.25. The Kier molecular flexibility index (Phi) is 7.30. The lowest BCUT2D eigenvalue weighted by Crippen LogP contribution is -2.42. The Labute approximate surface area is 190 Å². The number of nitrogens with one attached hydrogen (secondary N) is 1. The zero-order valence-corrected chi connectivity index (χ0v) is 18.7. The van der Waals surface area contributed by atoms with Crippen LogP contribution in [0.1, 0.15) is 11.1 Å². The van der Waals surface area contributed by atoms with Gasteiger partial charge in [0.05, 0.1) is 30.4 Å². The third-order valence-electron chi connectivity index (χ3n) is 5.09. The second kappa shape index (κ2) is 10.5. The minimum atomic E-state index is -0.132. The van der Waals surface area contributed by atoms with Crippen LogP contribution in [0.25, 0.3) is 10.8 Å². The number of benzene rings is 3. The molecule has 0 saturated carbocycles. The molecular formula is C24H24BrN3O3. The Balaban J connectivity index is 1.32. The fourth-order valence-electron chi connectivity index (χ4n) is 3.46. The molecule has 1 heterocycles. The summed E-state index contributed by atoms with van der Waals surface area (Å²) >= 11 is 3.56. The minimum Gasteiger partial charge on any atom is -0.488 e. The number of rotatable bonds is 7. The van der Waals surface area contributed by atoms with Gasteiger partial charge in [0.15, 0.2) is 0 Å². The van der Waals surface area contributed by atoms with Gasteiger partial charge in [-0.25, -0.2) is 5.43 Å². The molecule has 0 unspecified atom stereocenters. The third-order valence-corrected chi connectivity index (χ3v) is 5.71.